The van der Waals surface area contributed by atoms with Crippen LogP contribution in [0.15, 0.2) is 43.0 Å². The summed E-state index contributed by atoms with van der Waals surface area (Å²) in [6, 6.07) is 8.80. The Hall–Kier alpha value is -1.30. The van der Waals surface area contributed by atoms with Gasteiger partial charge in [0.15, 0.2) is 6.04 Å². The maximum atomic E-state index is 12.4. The van der Waals surface area contributed by atoms with Crippen LogP contribution >= 0.6 is 0 Å². The van der Waals surface area contributed by atoms with Crippen LogP contribution in [0.1, 0.15) is 39.2 Å². The van der Waals surface area contributed by atoms with Gasteiger partial charge in [0.1, 0.15) is 4.75 Å². The molecule has 5 heteroatoms. The molecule has 1 aromatic carbocycles. The van der Waals surface area contributed by atoms with Gasteiger partial charge in [0.05, 0.1) is 6.61 Å². The van der Waals surface area contributed by atoms with E-state index in [2.05, 4.69) is 11.3 Å². The van der Waals surface area contributed by atoms with Crippen molar-refractivity contribution in [3.05, 3.63) is 48.6 Å². The Labute approximate surface area is 136 Å². The van der Waals surface area contributed by atoms with Crippen LogP contribution in [0, 0.1) is 0 Å². The van der Waals surface area contributed by atoms with Crippen LogP contribution in [0.2, 0.25) is 0 Å². The summed E-state index contributed by atoms with van der Waals surface area (Å²) in [7, 11) is 0. The Balaban J connectivity index is 3.07. The molecule has 0 fully saturated rings. The molecule has 0 heterocycles. The topological polar surface area (TPSA) is 61.4 Å². The zero-order valence-corrected chi connectivity index (χ0v) is 14.5. The predicted molar refractivity (Wildman–Crippen MR) is 90.8 cm³/mol. The third-order valence-electron chi connectivity index (χ3n) is 3.13. The van der Waals surface area contributed by atoms with Gasteiger partial charge in [-0.05, 0) is 33.3 Å². The maximum Gasteiger partial charge on any atom is 0.328 e. The monoisotopic (exact) mass is 323 g/mol. The first-order valence-electron chi connectivity index (χ1n) is 7.33. The molecule has 3 atom stereocenters. The molecule has 0 saturated carbocycles. The summed E-state index contributed by atoms with van der Waals surface area (Å²) < 4.78 is 20.0. The number of ether oxygens (including phenoxy) is 1. The first-order chi connectivity index (χ1) is 10.3. The molecule has 1 aromatic rings. The molecule has 0 aliphatic rings. The normalized spacial score (nSPS) is 15.7. The average Bonchev–Trinajstić information content (AvgIpc) is 2.47. The molecule has 22 heavy (non-hydrogen) atoms. The Morgan fingerprint density at radius 3 is 2.45 bits per heavy atom. The number of carbonyl (C=O) groups excluding carboxylic acids is 1. The Morgan fingerprint density at radius 1 is 1.41 bits per heavy atom. The van der Waals surface area contributed by atoms with E-state index >= 15 is 0 Å². The van der Waals surface area contributed by atoms with Crippen LogP contribution in [0.25, 0.3) is 0 Å². The summed E-state index contributed by atoms with van der Waals surface area (Å²) in [5.74, 6) is -0.736. The van der Waals surface area contributed by atoms with Gasteiger partial charge in [0.2, 0.25) is 0 Å². The van der Waals surface area contributed by atoms with Crippen molar-refractivity contribution in [2.45, 2.75) is 44.4 Å². The van der Waals surface area contributed by atoms with E-state index in [1.54, 1.807) is 13.0 Å². The Morgan fingerprint density at radius 2 is 2.00 bits per heavy atom. The first kappa shape index (κ1) is 18.7. The van der Waals surface area contributed by atoms with E-state index in [1.165, 1.54) is 0 Å². The van der Waals surface area contributed by atoms with Crippen LogP contribution in [-0.4, -0.2) is 27.9 Å². The number of esters is 1. The molecule has 0 saturated heterocycles. The lowest BCUT2D eigenvalue weighted by molar-refractivity contribution is -0.145. The van der Waals surface area contributed by atoms with Gasteiger partial charge in [0.25, 0.3) is 0 Å². The minimum Gasteiger partial charge on any atom is -0.598 e. The molecule has 0 aromatic heterocycles. The van der Waals surface area contributed by atoms with Crippen LogP contribution in [0.5, 0.6) is 0 Å². The van der Waals surface area contributed by atoms with Crippen molar-refractivity contribution in [3.8, 4) is 0 Å². The fraction of sp³-hybridized carbons (Fsp3) is 0.471. The lowest BCUT2D eigenvalue weighted by Crippen LogP contribution is -2.50. The van der Waals surface area contributed by atoms with Gasteiger partial charge in [0, 0.05) is 17.3 Å². The number of rotatable bonds is 7. The van der Waals surface area contributed by atoms with Crippen molar-refractivity contribution in [2.24, 2.45) is 0 Å². The smallest absolute Gasteiger partial charge is 0.328 e. The molecule has 122 valence electrons. The first-order valence-corrected chi connectivity index (χ1v) is 8.48. The average molecular weight is 323 g/mol. The van der Waals surface area contributed by atoms with Crippen molar-refractivity contribution in [1.82, 2.24) is 4.72 Å². The van der Waals surface area contributed by atoms with Crippen molar-refractivity contribution in [2.75, 3.05) is 6.61 Å². The van der Waals surface area contributed by atoms with E-state index in [4.69, 9.17) is 4.74 Å². The van der Waals surface area contributed by atoms with Crippen LogP contribution in [0.4, 0.5) is 0 Å². The highest BCUT2D eigenvalue weighted by Crippen LogP contribution is 2.24. The van der Waals surface area contributed by atoms with E-state index in [9.17, 15) is 9.35 Å². The van der Waals surface area contributed by atoms with Crippen LogP contribution in [-0.2, 0) is 20.9 Å². The molecule has 4 nitrogen and oxygen atoms in total. The van der Waals surface area contributed by atoms with E-state index in [0.717, 1.165) is 5.56 Å². The van der Waals surface area contributed by atoms with Crippen molar-refractivity contribution < 1.29 is 14.1 Å². The summed E-state index contributed by atoms with van der Waals surface area (Å²) in [6.45, 7) is 11.4. The molecule has 0 aliphatic carbocycles. The largest absolute Gasteiger partial charge is 0.598 e. The molecule has 0 radical (unpaired) electrons. The molecule has 1 N–H and O–H groups in total. The van der Waals surface area contributed by atoms with E-state index in [0.29, 0.717) is 0 Å². The highest BCUT2D eigenvalue weighted by Gasteiger charge is 2.37. The van der Waals surface area contributed by atoms with Gasteiger partial charge in [-0.25, -0.2) is 0 Å². The fourth-order valence-corrected chi connectivity index (χ4v) is 2.76. The molecule has 0 bridgehead atoms. The number of carbonyl (C=O) groups is 1. The minimum atomic E-state index is -1.39. The minimum absolute atomic E-state index is 0.276. The summed E-state index contributed by atoms with van der Waals surface area (Å²) >= 11 is -1.39. The zero-order chi connectivity index (χ0) is 16.8. The van der Waals surface area contributed by atoms with Crippen molar-refractivity contribution >= 4 is 17.3 Å². The quantitative estimate of drug-likeness (QED) is 0.476. The molecule has 1 rings (SSSR count). The molecule has 3 unspecified atom stereocenters. The molecule has 0 aliphatic heterocycles. The van der Waals surface area contributed by atoms with Gasteiger partial charge in [-0.2, -0.15) is 0 Å². The van der Waals surface area contributed by atoms with E-state index in [-0.39, 0.29) is 12.5 Å². The van der Waals surface area contributed by atoms with E-state index < -0.39 is 28.1 Å². The maximum absolute atomic E-state index is 12.4. The summed E-state index contributed by atoms with van der Waals surface area (Å²) in [4.78, 5) is 12.3. The third-order valence-corrected chi connectivity index (χ3v) is 4.71. The molecular formula is C17H25NO3S. The third kappa shape index (κ3) is 5.16. The number of hydrogen-bond acceptors (Lipinski definition) is 4. The van der Waals surface area contributed by atoms with Crippen LogP contribution < -0.4 is 4.72 Å². The highest BCUT2D eigenvalue weighted by molar-refractivity contribution is 7.90. The Bertz CT molecular complexity index is 484. The molecular weight excluding hydrogens is 298 g/mol. The van der Waals surface area contributed by atoms with Gasteiger partial charge in [-0.3, -0.25) is 4.79 Å². The van der Waals surface area contributed by atoms with Crippen LogP contribution in [0.3, 0.4) is 0 Å². The SMILES string of the molecule is C=CC(c1ccccc1)C(N[S+]([O-])C(C)(C)C)C(=O)OCC. The lowest BCUT2D eigenvalue weighted by Gasteiger charge is -2.30. The summed E-state index contributed by atoms with van der Waals surface area (Å²) in [5, 5.41) is 0. The molecule has 0 spiro atoms. The van der Waals surface area contributed by atoms with E-state index in [1.807, 2.05) is 51.1 Å². The standard InChI is InChI=1S/C17H25NO3S/c1-6-14(13-11-9-8-10-12-13)15(16(19)21-7-2)18-22(20)17(3,4)5/h6,8-12,14-15,18H,1,7H2,2-5H3. The number of benzene rings is 1. The number of nitrogens with one attached hydrogen (secondary N) is 1. The zero-order valence-electron chi connectivity index (χ0n) is 13.7. The second kappa shape index (κ2) is 8.36. The van der Waals surface area contributed by atoms with Gasteiger partial charge in [-0.15, -0.1) is 11.3 Å². The van der Waals surface area contributed by atoms with Crippen molar-refractivity contribution in [3.63, 3.8) is 0 Å². The van der Waals surface area contributed by atoms with Crippen molar-refractivity contribution in [1.29, 1.82) is 0 Å². The molecule has 0 amide bonds. The highest BCUT2D eigenvalue weighted by atomic mass is 32.2. The lowest BCUT2D eigenvalue weighted by atomic mass is 9.92. The van der Waals surface area contributed by atoms with Gasteiger partial charge >= 0.3 is 5.97 Å². The van der Waals surface area contributed by atoms with Gasteiger partial charge < -0.3 is 9.29 Å². The second-order valence-corrected chi connectivity index (χ2v) is 7.90. The predicted octanol–water partition coefficient (Wildman–Crippen LogP) is 2.94. The summed E-state index contributed by atoms with van der Waals surface area (Å²) in [6.07, 6.45) is 1.68. The second-order valence-electron chi connectivity index (χ2n) is 5.90. The van der Waals surface area contributed by atoms with Gasteiger partial charge in [-0.1, -0.05) is 36.4 Å². The Kier molecular flexibility index (Phi) is 7.13. The summed E-state index contributed by atoms with van der Waals surface area (Å²) in [5.41, 5.74) is 0.925. The fourth-order valence-electron chi connectivity index (χ4n) is 1.93. The number of hydrogen-bond donors (Lipinski definition) is 1.